The number of hydrogen-bond acceptors (Lipinski definition) is 4. The topological polar surface area (TPSA) is 55.4 Å². The molecule has 1 atom stereocenters. The minimum absolute atomic E-state index is 0.149. The molecule has 0 saturated heterocycles. The maximum absolute atomic E-state index is 11.7. The molecule has 0 spiro atoms. The van der Waals surface area contributed by atoms with Crippen LogP contribution in [0.3, 0.4) is 0 Å². The molecule has 1 rings (SSSR count). The van der Waals surface area contributed by atoms with Crippen molar-refractivity contribution >= 4 is 23.6 Å². The van der Waals surface area contributed by atoms with Crippen LogP contribution in [0, 0.1) is 0 Å². The summed E-state index contributed by atoms with van der Waals surface area (Å²) in [4.78, 5) is 23.4. The summed E-state index contributed by atoms with van der Waals surface area (Å²) in [6, 6.07) is 8.34. The molecule has 1 unspecified atom stereocenters. The number of benzene rings is 1. The summed E-state index contributed by atoms with van der Waals surface area (Å²) >= 11 is 1.59. The lowest BCUT2D eigenvalue weighted by Crippen LogP contribution is -2.34. The minimum Gasteiger partial charge on any atom is -0.467 e. The molecule has 0 aliphatic rings. The highest BCUT2D eigenvalue weighted by Crippen LogP contribution is 2.14. The van der Waals surface area contributed by atoms with Crippen molar-refractivity contribution in [3.05, 3.63) is 35.9 Å². The molecule has 5 heteroatoms. The van der Waals surface area contributed by atoms with Crippen LogP contribution in [0.15, 0.2) is 30.3 Å². The largest absolute Gasteiger partial charge is 0.467 e. The predicted octanol–water partition coefficient (Wildman–Crippen LogP) is 1.77. The number of methoxy groups -OCH3 is 1. The molecule has 0 bridgehead atoms. The van der Waals surface area contributed by atoms with Gasteiger partial charge in [0.1, 0.15) is 0 Å². The highest BCUT2D eigenvalue weighted by atomic mass is 32.2. The molecular formula is C13H17NO3S. The van der Waals surface area contributed by atoms with Crippen molar-refractivity contribution in [1.82, 2.24) is 5.32 Å². The molecule has 1 aromatic carbocycles. The lowest BCUT2D eigenvalue weighted by atomic mass is 10.1. The fourth-order valence-electron chi connectivity index (χ4n) is 1.47. The van der Waals surface area contributed by atoms with Crippen molar-refractivity contribution < 1.29 is 14.3 Å². The van der Waals surface area contributed by atoms with E-state index in [4.69, 9.17) is 4.74 Å². The average molecular weight is 267 g/mol. The van der Waals surface area contributed by atoms with Gasteiger partial charge >= 0.3 is 5.97 Å². The fraction of sp³-hybridized carbons (Fsp3) is 0.385. The standard InChI is InChI=1S/C13H17NO3S/c1-17-13(16)12(10-6-4-3-5-7-10)14-11(15)8-9-18-2/h3-7,12H,8-9H2,1-2H3,(H,14,15). The van der Waals surface area contributed by atoms with Gasteiger partial charge in [-0.15, -0.1) is 0 Å². The summed E-state index contributed by atoms with van der Waals surface area (Å²) in [5.74, 6) is 0.122. The quantitative estimate of drug-likeness (QED) is 0.798. The first-order valence-corrected chi connectivity index (χ1v) is 6.99. The molecule has 0 radical (unpaired) electrons. The van der Waals surface area contributed by atoms with Crippen LogP contribution in [0.25, 0.3) is 0 Å². The van der Waals surface area contributed by atoms with Gasteiger partial charge < -0.3 is 10.1 Å². The van der Waals surface area contributed by atoms with Gasteiger partial charge in [0, 0.05) is 12.2 Å². The first-order chi connectivity index (χ1) is 8.69. The first-order valence-electron chi connectivity index (χ1n) is 5.60. The van der Waals surface area contributed by atoms with Crippen molar-refractivity contribution in [2.24, 2.45) is 0 Å². The van der Waals surface area contributed by atoms with Gasteiger partial charge in [-0.3, -0.25) is 4.79 Å². The van der Waals surface area contributed by atoms with Crippen LogP contribution in [0.1, 0.15) is 18.0 Å². The molecule has 18 heavy (non-hydrogen) atoms. The van der Waals surface area contributed by atoms with Gasteiger partial charge in [0.15, 0.2) is 6.04 Å². The van der Waals surface area contributed by atoms with Crippen molar-refractivity contribution in [1.29, 1.82) is 0 Å². The third kappa shape index (κ3) is 4.41. The van der Waals surface area contributed by atoms with Gasteiger partial charge in [0.05, 0.1) is 7.11 Å². The molecular weight excluding hydrogens is 250 g/mol. The maximum atomic E-state index is 11.7. The third-order valence-corrected chi connectivity index (χ3v) is 3.02. The van der Waals surface area contributed by atoms with Gasteiger partial charge in [-0.1, -0.05) is 30.3 Å². The van der Waals surface area contributed by atoms with E-state index in [0.717, 1.165) is 11.3 Å². The number of ether oxygens (including phenoxy) is 1. The number of carbonyl (C=O) groups is 2. The molecule has 1 aromatic rings. The molecule has 0 fully saturated rings. The van der Waals surface area contributed by atoms with E-state index in [9.17, 15) is 9.59 Å². The number of hydrogen-bond donors (Lipinski definition) is 1. The van der Waals surface area contributed by atoms with E-state index in [1.54, 1.807) is 23.9 Å². The second kappa shape index (κ2) is 7.76. The lowest BCUT2D eigenvalue weighted by molar-refractivity contribution is -0.145. The van der Waals surface area contributed by atoms with Crippen LogP contribution in [0.2, 0.25) is 0 Å². The molecule has 0 aromatic heterocycles. The number of thioether (sulfide) groups is 1. The van der Waals surface area contributed by atoms with Crippen molar-refractivity contribution in [2.45, 2.75) is 12.5 Å². The predicted molar refractivity (Wildman–Crippen MR) is 72.3 cm³/mol. The van der Waals surface area contributed by atoms with Crippen molar-refractivity contribution in [2.75, 3.05) is 19.1 Å². The fourth-order valence-corrected chi connectivity index (χ4v) is 1.86. The van der Waals surface area contributed by atoms with Gasteiger partial charge in [-0.25, -0.2) is 4.79 Å². The van der Waals surface area contributed by atoms with Crippen LogP contribution in [0.4, 0.5) is 0 Å². The smallest absolute Gasteiger partial charge is 0.333 e. The number of amides is 1. The SMILES string of the molecule is COC(=O)C(NC(=O)CCSC)c1ccccc1. The normalized spacial score (nSPS) is 11.7. The summed E-state index contributed by atoms with van der Waals surface area (Å²) in [6.07, 6.45) is 2.32. The second-order valence-electron chi connectivity index (χ2n) is 3.68. The Bertz CT molecular complexity index is 394. The summed E-state index contributed by atoms with van der Waals surface area (Å²) < 4.78 is 4.71. The van der Waals surface area contributed by atoms with Crippen LogP contribution >= 0.6 is 11.8 Å². The average Bonchev–Trinajstić information content (AvgIpc) is 2.42. The minimum atomic E-state index is -0.731. The Morgan fingerprint density at radius 3 is 2.56 bits per heavy atom. The summed E-state index contributed by atoms with van der Waals surface area (Å²) in [5, 5.41) is 2.69. The summed E-state index contributed by atoms with van der Waals surface area (Å²) in [5.41, 5.74) is 0.724. The van der Waals surface area contributed by atoms with Crippen LogP contribution in [-0.4, -0.2) is 31.0 Å². The van der Waals surface area contributed by atoms with Gasteiger partial charge in [0.2, 0.25) is 5.91 Å². The highest BCUT2D eigenvalue weighted by molar-refractivity contribution is 7.98. The Balaban J connectivity index is 2.74. The molecule has 1 N–H and O–H groups in total. The Hall–Kier alpha value is -1.49. The molecule has 4 nitrogen and oxygen atoms in total. The number of esters is 1. The molecule has 1 amide bonds. The highest BCUT2D eigenvalue weighted by Gasteiger charge is 2.22. The van der Waals surface area contributed by atoms with Crippen LogP contribution < -0.4 is 5.32 Å². The zero-order chi connectivity index (χ0) is 13.4. The Morgan fingerprint density at radius 1 is 1.33 bits per heavy atom. The molecule has 0 aliphatic heterocycles. The third-order valence-electron chi connectivity index (χ3n) is 2.41. The Morgan fingerprint density at radius 2 is 2.00 bits per heavy atom. The van der Waals surface area contributed by atoms with E-state index in [0.29, 0.717) is 6.42 Å². The van der Waals surface area contributed by atoms with E-state index in [1.165, 1.54) is 7.11 Å². The summed E-state index contributed by atoms with van der Waals surface area (Å²) in [7, 11) is 1.31. The zero-order valence-corrected chi connectivity index (χ0v) is 11.3. The number of nitrogens with one attached hydrogen (secondary N) is 1. The van der Waals surface area contributed by atoms with Crippen molar-refractivity contribution in [3.8, 4) is 0 Å². The van der Waals surface area contributed by atoms with Crippen LogP contribution in [0.5, 0.6) is 0 Å². The van der Waals surface area contributed by atoms with Crippen molar-refractivity contribution in [3.63, 3.8) is 0 Å². The Labute approximate surface area is 111 Å². The number of rotatable bonds is 6. The summed E-state index contributed by atoms with van der Waals surface area (Å²) in [6.45, 7) is 0. The molecule has 0 saturated carbocycles. The Kier molecular flexibility index (Phi) is 6.28. The second-order valence-corrected chi connectivity index (χ2v) is 4.66. The van der Waals surface area contributed by atoms with E-state index >= 15 is 0 Å². The first kappa shape index (κ1) is 14.6. The van der Waals surface area contributed by atoms with E-state index in [2.05, 4.69) is 5.32 Å². The van der Waals surface area contributed by atoms with Gasteiger partial charge in [0.25, 0.3) is 0 Å². The van der Waals surface area contributed by atoms with Gasteiger partial charge in [-0.2, -0.15) is 11.8 Å². The van der Waals surface area contributed by atoms with Gasteiger partial charge in [-0.05, 0) is 11.8 Å². The number of carbonyl (C=O) groups excluding carboxylic acids is 2. The molecule has 0 heterocycles. The molecule has 0 aliphatic carbocycles. The molecule has 98 valence electrons. The lowest BCUT2D eigenvalue weighted by Gasteiger charge is -2.16. The van der Waals surface area contributed by atoms with E-state index in [1.807, 2.05) is 24.5 Å². The maximum Gasteiger partial charge on any atom is 0.333 e. The van der Waals surface area contributed by atoms with E-state index in [-0.39, 0.29) is 5.91 Å². The monoisotopic (exact) mass is 267 g/mol. The van der Waals surface area contributed by atoms with Crippen LogP contribution in [-0.2, 0) is 14.3 Å². The van der Waals surface area contributed by atoms with E-state index < -0.39 is 12.0 Å². The zero-order valence-electron chi connectivity index (χ0n) is 10.5.